The van der Waals surface area contributed by atoms with Gasteiger partial charge in [-0.2, -0.15) is 0 Å². The third kappa shape index (κ3) is 6.80. The minimum absolute atomic E-state index is 0.0174. The van der Waals surface area contributed by atoms with Crippen LogP contribution in [0.15, 0.2) is 46.9 Å². The molecule has 1 heterocycles. The molecular weight excluding hydrogens is 446 g/mol. The Labute approximate surface area is 187 Å². The summed E-state index contributed by atoms with van der Waals surface area (Å²) >= 11 is 3.39. The van der Waals surface area contributed by atoms with Crippen LogP contribution in [0.1, 0.15) is 11.1 Å². The first-order chi connectivity index (χ1) is 14.4. The van der Waals surface area contributed by atoms with Gasteiger partial charge >= 0.3 is 0 Å². The van der Waals surface area contributed by atoms with Crippen molar-refractivity contribution >= 4 is 27.5 Å². The van der Waals surface area contributed by atoms with Crippen molar-refractivity contribution in [2.75, 3.05) is 51.2 Å². The Bertz CT molecular complexity index is 816. The van der Waals surface area contributed by atoms with Crippen LogP contribution in [0.4, 0.5) is 5.69 Å². The number of benzene rings is 2. The molecule has 0 radical (unpaired) electrons. The average molecular weight is 476 g/mol. The second-order valence-corrected chi connectivity index (χ2v) is 8.73. The number of nitrogens with zero attached hydrogens (tertiary/aromatic N) is 2. The topological polar surface area (TPSA) is 65.0 Å². The van der Waals surface area contributed by atoms with E-state index in [1.165, 1.54) is 0 Å². The van der Waals surface area contributed by atoms with Crippen molar-refractivity contribution in [3.8, 4) is 5.75 Å². The molecule has 1 fully saturated rings. The smallest absolute Gasteiger partial charge is 0.238 e. The SMILES string of the molecule is Cc1cccc(C)c1NC(=O)CN1CCN(CC(O)COc2ccc(Br)cc2)CC1. The lowest BCUT2D eigenvalue weighted by Crippen LogP contribution is -2.50. The van der Waals surface area contributed by atoms with Crippen LogP contribution in [-0.4, -0.2) is 72.8 Å². The van der Waals surface area contributed by atoms with E-state index in [2.05, 4.69) is 31.0 Å². The Morgan fingerprint density at radius 3 is 2.30 bits per heavy atom. The van der Waals surface area contributed by atoms with Gasteiger partial charge in [-0.15, -0.1) is 0 Å². The van der Waals surface area contributed by atoms with Crippen LogP contribution >= 0.6 is 15.9 Å². The molecule has 2 aromatic carbocycles. The fraction of sp³-hybridized carbons (Fsp3) is 0.435. The monoisotopic (exact) mass is 475 g/mol. The number of halogens is 1. The van der Waals surface area contributed by atoms with Gasteiger partial charge in [0.1, 0.15) is 18.5 Å². The lowest BCUT2D eigenvalue weighted by atomic mass is 10.1. The summed E-state index contributed by atoms with van der Waals surface area (Å²) in [6.45, 7) is 8.50. The molecule has 0 bridgehead atoms. The molecule has 1 aliphatic rings. The number of para-hydroxylation sites is 1. The average Bonchev–Trinajstić information content (AvgIpc) is 2.72. The number of β-amino-alcohol motifs (C(OH)–C–C–N with tert-alkyl or cyclic N) is 1. The highest BCUT2D eigenvalue weighted by atomic mass is 79.9. The Kier molecular flexibility index (Phi) is 8.27. The number of anilines is 1. The van der Waals surface area contributed by atoms with E-state index in [1.807, 2.05) is 56.3 Å². The van der Waals surface area contributed by atoms with Gasteiger partial charge in [-0.05, 0) is 49.2 Å². The van der Waals surface area contributed by atoms with Crippen molar-refractivity contribution in [2.24, 2.45) is 0 Å². The van der Waals surface area contributed by atoms with E-state index in [9.17, 15) is 9.90 Å². The van der Waals surface area contributed by atoms with E-state index in [4.69, 9.17) is 4.74 Å². The summed E-state index contributed by atoms with van der Waals surface area (Å²) in [6.07, 6.45) is -0.549. The van der Waals surface area contributed by atoms with Crippen molar-refractivity contribution < 1.29 is 14.6 Å². The summed E-state index contributed by atoms with van der Waals surface area (Å²) in [4.78, 5) is 16.8. The zero-order chi connectivity index (χ0) is 21.5. The van der Waals surface area contributed by atoms with Gasteiger partial charge in [-0.3, -0.25) is 14.6 Å². The van der Waals surface area contributed by atoms with E-state index < -0.39 is 6.10 Å². The van der Waals surface area contributed by atoms with Crippen LogP contribution in [0.25, 0.3) is 0 Å². The van der Waals surface area contributed by atoms with Crippen LogP contribution in [0.3, 0.4) is 0 Å². The number of carbonyl (C=O) groups excluding carboxylic acids is 1. The maximum Gasteiger partial charge on any atom is 0.238 e. The predicted molar refractivity (Wildman–Crippen MR) is 123 cm³/mol. The summed E-state index contributed by atoms with van der Waals surface area (Å²) in [7, 11) is 0. The lowest BCUT2D eigenvalue weighted by molar-refractivity contribution is -0.117. The molecule has 30 heavy (non-hydrogen) atoms. The highest BCUT2D eigenvalue weighted by molar-refractivity contribution is 9.10. The maximum atomic E-state index is 12.5. The summed E-state index contributed by atoms with van der Waals surface area (Å²) in [5.41, 5.74) is 3.06. The second kappa shape index (κ2) is 10.9. The highest BCUT2D eigenvalue weighted by Crippen LogP contribution is 2.19. The van der Waals surface area contributed by atoms with Gasteiger partial charge < -0.3 is 15.2 Å². The van der Waals surface area contributed by atoms with Crippen LogP contribution in [-0.2, 0) is 4.79 Å². The Hall–Kier alpha value is -1.93. The molecule has 1 unspecified atom stereocenters. The first-order valence-electron chi connectivity index (χ1n) is 10.3. The summed E-state index contributed by atoms with van der Waals surface area (Å²) in [5.74, 6) is 0.765. The molecule has 162 valence electrons. The molecule has 7 heteroatoms. The van der Waals surface area contributed by atoms with Gasteiger partial charge in [0.25, 0.3) is 0 Å². The summed E-state index contributed by atoms with van der Waals surface area (Å²) in [5, 5.41) is 13.3. The first-order valence-corrected chi connectivity index (χ1v) is 11.1. The van der Waals surface area contributed by atoms with Gasteiger partial charge in [0.05, 0.1) is 6.54 Å². The van der Waals surface area contributed by atoms with Crippen LogP contribution in [0.5, 0.6) is 5.75 Å². The standard InChI is InChI=1S/C23H30BrN3O3/c1-17-4-3-5-18(2)23(17)25-22(29)15-27-12-10-26(11-13-27)14-20(28)16-30-21-8-6-19(24)7-9-21/h3-9,20,28H,10-16H2,1-2H3,(H,25,29). The molecule has 2 aromatic rings. The Morgan fingerprint density at radius 2 is 1.67 bits per heavy atom. The largest absolute Gasteiger partial charge is 0.491 e. The third-order valence-corrected chi connectivity index (χ3v) is 5.83. The lowest BCUT2D eigenvalue weighted by Gasteiger charge is -2.35. The molecule has 0 saturated carbocycles. The van der Waals surface area contributed by atoms with Crippen molar-refractivity contribution in [1.29, 1.82) is 0 Å². The molecule has 1 atom stereocenters. The number of aryl methyl sites for hydroxylation is 2. The number of aliphatic hydroxyl groups excluding tert-OH is 1. The van der Waals surface area contributed by atoms with E-state index in [-0.39, 0.29) is 12.5 Å². The van der Waals surface area contributed by atoms with E-state index >= 15 is 0 Å². The number of amides is 1. The molecule has 0 aromatic heterocycles. The quantitative estimate of drug-likeness (QED) is 0.614. The number of hydrogen-bond acceptors (Lipinski definition) is 5. The van der Waals surface area contributed by atoms with Crippen molar-refractivity contribution in [1.82, 2.24) is 9.80 Å². The second-order valence-electron chi connectivity index (χ2n) is 7.81. The molecule has 3 rings (SSSR count). The minimum Gasteiger partial charge on any atom is -0.491 e. The summed E-state index contributed by atoms with van der Waals surface area (Å²) < 4.78 is 6.65. The van der Waals surface area contributed by atoms with Gasteiger partial charge in [0.2, 0.25) is 5.91 Å². The normalized spacial score (nSPS) is 16.3. The number of aliphatic hydroxyl groups is 1. The zero-order valence-corrected chi connectivity index (χ0v) is 19.2. The Balaban J connectivity index is 1.37. The van der Waals surface area contributed by atoms with Gasteiger partial charge in [-0.25, -0.2) is 0 Å². The van der Waals surface area contributed by atoms with E-state index in [1.54, 1.807) is 0 Å². The number of hydrogen-bond donors (Lipinski definition) is 2. The van der Waals surface area contributed by atoms with Gasteiger partial charge in [-0.1, -0.05) is 34.1 Å². The van der Waals surface area contributed by atoms with Crippen LogP contribution in [0.2, 0.25) is 0 Å². The van der Waals surface area contributed by atoms with Crippen LogP contribution < -0.4 is 10.1 Å². The van der Waals surface area contributed by atoms with Crippen molar-refractivity contribution in [3.63, 3.8) is 0 Å². The van der Waals surface area contributed by atoms with Crippen molar-refractivity contribution in [2.45, 2.75) is 20.0 Å². The molecule has 0 spiro atoms. The molecule has 1 amide bonds. The molecule has 6 nitrogen and oxygen atoms in total. The van der Waals surface area contributed by atoms with Gasteiger partial charge in [0, 0.05) is 42.9 Å². The number of piperazine rings is 1. The number of rotatable bonds is 8. The van der Waals surface area contributed by atoms with Crippen LogP contribution in [0, 0.1) is 13.8 Å². The third-order valence-electron chi connectivity index (χ3n) is 5.30. The number of nitrogens with one attached hydrogen (secondary N) is 1. The maximum absolute atomic E-state index is 12.5. The predicted octanol–water partition coefficient (Wildman–Crippen LogP) is 3.06. The summed E-state index contributed by atoms with van der Waals surface area (Å²) in [6, 6.07) is 13.6. The molecule has 2 N–H and O–H groups in total. The number of ether oxygens (including phenoxy) is 1. The first kappa shape index (κ1) is 22.7. The van der Waals surface area contributed by atoms with E-state index in [0.717, 1.165) is 53.2 Å². The molecule has 1 aliphatic heterocycles. The van der Waals surface area contributed by atoms with Crippen molar-refractivity contribution in [3.05, 3.63) is 58.1 Å². The van der Waals surface area contributed by atoms with Gasteiger partial charge in [0.15, 0.2) is 0 Å². The van der Waals surface area contributed by atoms with E-state index in [0.29, 0.717) is 13.1 Å². The minimum atomic E-state index is -0.549. The zero-order valence-electron chi connectivity index (χ0n) is 17.6. The number of carbonyl (C=O) groups is 1. The molecule has 1 saturated heterocycles. The highest BCUT2D eigenvalue weighted by Gasteiger charge is 2.21. The Morgan fingerprint density at radius 1 is 1.07 bits per heavy atom. The fourth-order valence-electron chi connectivity index (χ4n) is 3.60. The molecule has 0 aliphatic carbocycles. The molecular formula is C23H30BrN3O3. The fourth-order valence-corrected chi connectivity index (χ4v) is 3.86.